The summed E-state index contributed by atoms with van der Waals surface area (Å²) in [5.74, 6) is -0.439. The van der Waals surface area contributed by atoms with Crippen molar-refractivity contribution in [3.05, 3.63) is 57.8 Å². The second kappa shape index (κ2) is 8.06. The molecular weight excluding hydrogens is 370 g/mol. The molecule has 2 rings (SSSR count). The summed E-state index contributed by atoms with van der Waals surface area (Å²) in [4.78, 5) is 30.6. The first kappa shape index (κ1) is 18.1. The van der Waals surface area contributed by atoms with Crippen molar-refractivity contribution in [3.8, 4) is 0 Å². The van der Waals surface area contributed by atoms with E-state index in [9.17, 15) is 9.59 Å². The largest absolute Gasteiger partial charge is 0.339 e. The lowest BCUT2D eigenvalue weighted by Gasteiger charge is -2.18. The minimum Gasteiger partial charge on any atom is -0.339 e. The Balaban J connectivity index is 2.21. The van der Waals surface area contributed by atoms with E-state index in [-0.39, 0.29) is 17.5 Å². The van der Waals surface area contributed by atoms with E-state index in [0.29, 0.717) is 24.3 Å². The molecule has 24 heavy (non-hydrogen) atoms. The van der Waals surface area contributed by atoms with Crippen LogP contribution in [0.4, 0.5) is 5.69 Å². The van der Waals surface area contributed by atoms with Crippen molar-refractivity contribution in [3.63, 3.8) is 0 Å². The van der Waals surface area contributed by atoms with Gasteiger partial charge in [-0.15, -0.1) is 0 Å². The zero-order valence-electron chi connectivity index (χ0n) is 14.0. The molecule has 0 fully saturated rings. The maximum atomic E-state index is 12.4. The number of hydrogen-bond donors (Lipinski definition) is 1. The number of rotatable bonds is 5. The molecule has 0 aliphatic rings. The molecular formula is C18H20BrN3O2. The molecule has 126 valence electrons. The van der Waals surface area contributed by atoms with Gasteiger partial charge in [0.2, 0.25) is 0 Å². The summed E-state index contributed by atoms with van der Waals surface area (Å²) in [6.07, 6.45) is 1.49. The fourth-order valence-corrected chi connectivity index (χ4v) is 2.81. The standard InChI is InChI=1S/C18H20BrN3O2/c1-4-22(5-2)18(24)13-8-9-20-16(11-13)17(23)21-15-7-6-14(19)10-12(15)3/h6-11H,4-5H2,1-3H3,(H,21,23). The van der Waals surface area contributed by atoms with Crippen LogP contribution in [0.2, 0.25) is 0 Å². The quantitative estimate of drug-likeness (QED) is 0.843. The van der Waals surface area contributed by atoms with Crippen LogP contribution in [0.1, 0.15) is 40.3 Å². The van der Waals surface area contributed by atoms with Crippen LogP contribution in [0.25, 0.3) is 0 Å². The zero-order valence-corrected chi connectivity index (χ0v) is 15.6. The topological polar surface area (TPSA) is 62.3 Å². The van der Waals surface area contributed by atoms with Crippen molar-refractivity contribution in [2.24, 2.45) is 0 Å². The fourth-order valence-electron chi connectivity index (χ4n) is 2.33. The lowest BCUT2D eigenvalue weighted by atomic mass is 10.1. The van der Waals surface area contributed by atoms with Gasteiger partial charge in [-0.25, -0.2) is 0 Å². The molecule has 0 spiro atoms. The number of benzene rings is 1. The molecule has 6 heteroatoms. The van der Waals surface area contributed by atoms with E-state index in [1.54, 1.807) is 11.0 Å². The predicted molar refractivity (Wildman–Crippen MR) is 98.3 cm³/mol. The number of carbonyl (C=O) groups excluding carboxylic acids is 2. The van der Waals surface area contributed by atoms with E-state index >= 15 is 0 Å². The third-order valence-corrected chi connectivity index (χ3v) is 4.22. The number of pyridine rings is 1. The van der Waals surface area contributed by atoms with Crippen LogP contribution < -0.4 is 5.32 Å². The average molecular weight is 390 g/mol. The van der Waals surface area contributed by atoms with Gasteiger partial charge in [0.1, 0.15) is 5.69 Å². The van der Waals surface area contributed by atoms with Crippen molar-refractivity contribution >= 4 is 33.4 Å². The number of carbonyl (C=O) groups is 2. The van der Waals surface area contributed by atoms with Gasteiger partial charge in [0.25, 0.3) is 11.8 Å². The molecule has 0 unspecified atom stereocenters. The smallest absolute Gasteiger partial charge is 0.274 e. The molecule has 1 N–H and O–H groups in total. The fraction of sp³-hybridized carbons (Fsp3) is 0.278. The van der Waals surface area contributed by atoms with Crippen molar-refractivity contribution in [1.29, 1.82) is 0 Å². The van der Waals surface area contributed by atoms with Gasteiger partial charge in [-0.05, 0) is 56.7 Å². The Morgan fingerprint density at radius 2 is 1.88 bits per heavy atom. The highest BCUT2D eigenvalue weighted by Crippen LogP contribution is 2.20. The highest BCUT2D eigenvalue weighted by molar-refractivity contribution is 9.10. The Morgan fingerprint density at radius 1 is 1.17 bits per heavy atom. The van der Waals surface area contributed by atoms with Crippen LogP contribution in [0.15, 0.2) is 41.0 Å². The summed E-state index contributed by atoms with van der Waals surface area (Å²) in [6, 6.07) is 8.76. The number of halogens is 1. The first-order valence-corrected chi connectivity index (χ1v) is 8.58. The molecule has 2 aromatic rings. The number of amides is 2. The monoisotopic (exact) mass is 389 g/mol. The Bertz CT molecular complexity index is 758. The van der Waals surface area contributed by atoms with Crippen LogP contribution in [0.3, 0.4) is 0 Å². The van der Waals surface area contributed by atoms with E-state index in [2.05, 4.69) is 26.2 Å². The van der Waals surface area contributed by atoms with Crippen molar-refractivity contribution in [2.75, 3.05) is 18.4 Å². The first-order valence-electron chi connectivity index (χ1n) is 7.79. The van der Waals surface area contributed by atoms with Gasteiger partial charge < -0.3 is 10.2 Å². The third kappa shape index (κ3) is 4.20. The van der Waals surface area contributed by atoms with Gasteiger partial charge in [0.05, 0.1) is 0 Å². The van der Waals surface area contributed by atoms with E-state index in [1.807, 2.05) is 39.0 Å². The summed E-state index contributed by atoms with van der Waals surface area (Å²) in [6.45, 7) is 7.00. The Morgan fingerprint density at radius 3 is 2.50 bits per heavy atom. The molecule has 0 saturated heterocycles. The molecule has 1 aromatic heterocycles. The van der Waals surface area contributed by atoms with Crippen LogP contribution in [-0.4, -0.2) is 34.8 Å². The molecule has 0 radical (unpaired) electrons. The molecule has 0 saturated carbocycles. The minimum absolute atomic E-state index is 0.101. The SMILES string of the molecule is CCN(CC)C(=O)c1ccnc(C(=O)Nc2ccc(Br)cc2C)c1. The normalized spacial score (nSPS) is 10.3. The van der Waals surface area contributed by atoms with Gasteiger partial charge in [-0.3, -0.25) is 14.6 Å². The van der Waals surface area contributed by atoms with Crippen molar-refractivity contribution < 1.29 is 9.59 Å². The zero-order chi connectivity index (χ0) is 17.7. The summed E-state index contributed by atoms with van der Waals surface area (Å²) in [5, 5.41) is 2.83. The van der Waals surface area contributed by atoms with Crippen LogP contribution in [-0.2, 0) is 0 Å². The Kier molecular flexibility index (Phi) is 6.09. The van der Waals surface area contributed by atoms with E-state index in [0.717, 1.165) is 10.0 Å². The molecule has 0 atom stereocenters. The third-order valence-electron chi connectivity index (χ3n) is 3.73. The molecule has 1 heterocycles. The summed E-state index contributed by atoms with van der Waals surface area (Å²) in [5.41, 5.74) is 2.33. The van der Waals surface area contributed by atoms with Gasteiger partial charge >= 0.3 is 0 Å². The number of nitrogens with one attached hydrogen (secondary N) is 1. The highest BCUT2D eigenvalue weighted by atomic mass is 79.9. The molecule has 0 aliphatic carbocycles. The number of aromatic nitrogens is 1. The van der Waals surface area contributed by atoms with Crippen molar-refractivity contribution in [1.82, 2.24) is 9.88 Å². The lowest BCUT2D eigenvalue weighted by molar-refractivity contribution is 0.0773. The maximum absolute atomic E-state index is 12.4. The number of aryl methyl sites for hydroxylation is 1. The van der Waals surface area contributed by atoms with Gasteiger partial charge in [0.15, 0.2) is 0 Å². The molecule has 0 bridgehead atoms. The number of hydrogen-bond acceptors (Lipinski definition) is 3. The van der Waals surface area contributed by atoms with E-state index in [1.165, 1.54) is 12.3 Å². The van der Waals surface area contributed by atoms with Crippen molar-refractivity contribution in [2.45, 2.75) is 20.8 Å². The Labute approximate surface area is 150 Å². The molecule has 2 amide bonds. The minimum atomic E-state index is -0.338. The second-order valence-corrected chi connectivity index (χ2v) is 6.24. The number of nitrogens with zero attached hydrogens (tertiary/aromatic N) is 2. The lowest BCUT2D eigenvalue weighted by Crippen LogP contribution is -2.30. The summed E-state index contributed by atoms with van der Waals surface area (Å²) >= 11 is 3.39. The average Bonchev–Trinajstić information content (AvgIpc) is 2.58. The summed E-state index contributed by atoms with van der Waals surface area (Å²) < 4.78 is 0.947. The predicted octanol–water partition coefficient (Wildman–Crippen LogP) is 3.89. The van der Waals surface area contributed by atoms with Gasteiger partial charge in [0, 0.05) is 35.0 Å². The number of anilines is 1. The maximum Gasteiger partial charge on any atom is 0.274 e. The van der Waals surface area contributed by atoms with Crippen LogP contribution in [0.5, 0.6) is 0 Å². The first-order chi connectivity index (χ1) is 11.5. The Hall–Kier alpha value is -2.21. The van der Waals surface area contributed by atoms with Crippen LogP contribution in [0, 0.1) is 6.92 Å². The highest BCUT2D eigenvalue weighted by Gasteiger charge is 2.16. The molecule has 5 nitrogen and oxygen atoms in total. The molecule has 0 aliphatic heterocycles. The van der Waals surface area contributed by atoms with E-state index in [4.69, 9.17) is 0 Å². The van der Waals surface area contributed by atoms with Crippen LogP contribution >= 0.6 is 15.9 Å². The van der Waals surface area contributed by atoms with E-state index < -0.39 is 0 Å². The van der Waals surface area contributed by atoms with Gasteiger partial charge in [-0.2, -0.15) is 0 Å². The summed E-state index contributed by atoms with van der Waals surface area (Å²) in [7, 11) is 0. The molecule has 1 aromatic carbocycles. The van der Waals surface area contributed by atoms with Gasteiger partial charge in [-0.1, -0.05) is 15.9 Å². The second-order valence-electron chi connectivity index (χ2n) is 5.32.